The maximum atomic E-state index is 12.1. The third-order valence-corrected chi connectivity index (χ3v) is 2.41. The van der Waals surface area contributed by atoms with Crippen molar-refractivity contribution in [3.05, 3.63) is 5.01 Å². The van der Waals surface area contributed by atoms with Crippen molar-refractivity contribution in [2.45, 2.75) is 13.3 Å². The predicted molar refractivity (Wildman–Crippen MR) is 49.9 cm³/mol. The maximum Gasteiger partial charge on any atom is 0.255 e. The number of aryl methyl sites for hydroxylation is 1. The average Bonchev–Trinajstić information content (AvgIpc) is 2.50. The number of rotatable bonds is 5. The third-order valence-electron chi connectivity index (χ3n) is 1.51. The van der Waals surface area contributed by atoms with E-state index >= 15 is 0 Å². The van der Waals surface area contributed by atoms with E-state index in [9.17, 15) is 8.78 Å². The van der Waals surface area contributed by atoms with Gasteiger partial charge in [-0.1, -0.05) is 11.3 Å². The summed E-state index contributed by atoms with van der Waals surface area (Å²) in [5.41, 5.74) is 0. The van der Waals surface area contributed by atoms with Crippen LogP contribution in [-0.2, 0) is 0 Å². The molecule has 0 saturated heterocycles. The first-order valence-electron chi connectivity index (χ1n) is 4.07. The van der Waals surface area contributed by atoms with Crippen molar-refractivity contribution in [2.24, 2.45) is 0 Å². The number of alkyl halides is 2. The van der Waals surface area contributed by atoms with E-state index in [4.69, 9.17) is 5.11 Å². The van der Waals surface area contributed by atoms with Gasteiger partial charge in [-0.2, -0.15) is 0 Å². The zero-order valence-corrected chi connectivity index (χ0v) is 8.47. The highest BCUT2D eigenvalue weighted by molar-refractivity contribution is 7.15. The van der Waals surface area contributed by atoms with E-state index in [1.165, 1.54) is 16.2 Å². The summed E-state index contributed by atoms with van der Waals surface area (Å²) in [6, 6.07) is 0. The van der Waals surface area contributed by atoms with E-state index < -0.39 is 13.0 Å². The third kappa shape index (κ3) is 3.15. The SMILES string of the molecule is Cc1nnc(N(CCO)CC(F)F)s1. The number of anilines is 1. The van der Waals surface area contributed by atoms with Gasteiger partial charge in [-0.25, -0.2) is 8.78 Å². The molecule has 1 heterocycles. The van der Waals surface area contributed by atoms with E-state index in [2.05, 4.69) is 10.2 Å². The Bertz CT molecular complexity index is 282. The van der Waals surface area contributed by atoms with Crippen LogP contribution >= 0.6 is 11.3 Å². The molecule has 1 aromatic rings. The van der Waals surface area contributed by atoms with Crippen LogP contribution in [0.2, 0.25) is 0 Å². The molecule has 1 rings (SSSR count). The molecule has 7 heteroatoms. The maximum absolute atomic E-state index is 12.1. The first-order valence-corrected chi connectivity index (χ1v) is 4.89. The highest BCUT2D eigenvalue weighted by atomic mass is 32.1. The number of aromatic nitrogens is 2. The van der Waals surface area contributed by atoms with Gasteiger partial charge in [0.15, 0.2) is 0 Å². The summed E-state index contributed by atoms with van der Waals surface area (Å²) < 4.78 is 24.3. The Labute approximate surface area is 84.2 Å². The predicted octanol–water partition coefficient (Wildman–Crippen LogP) is 0.910. The van der Waals surface area contributed by atoms with E-state index in [0.29, 0.717) is 5.13 Å². The van der Waals surface area contributed by atoms with Gasteiger partial charge in [0.1, 0.15) is 5.01 Å². The number of aliphatic hydroxyl groups excluding tert-OH is 1. The van der Waals surface area contributed by atoms with Crippen molar-refractivity contribution in [3.8, 4) is 0 Å². The van der Waals surface area contributed by atoms with Crippen LogP contribution in [0.3, 0.4) is 0 Å². The van der Waals surface area contributed by atoms with Gasteiger partial charge in [-0.3, -0.25) is 0 Å². The van der Waals surface area contributed by atoms with E-state index in [-0.39, 0.29) is 13.2 Å². The molecular formula is C7H11F2N3OS. The van der Waals surface area contributed by atoms with Gasteiger partial charge in [0.25, 0.3) is 6.43 Å². The minimum absolute atomic E-state index is 0.152. The Morgan fingerprint density at radius 1 is 1.50 bits per heavy atom. The number of hydrogen-bond donors (Lipinski definition) is 1. The summed E-state index contributed by atoms with van der Waals surface area (Å²) in [6.07, 6.45) is -2.44. The molecule has 0 bridgehead atoms. The molecule has 0 aromatic carbocycles. The van der Waals surface area contributed by atoms with Crippen molar-refractivity contribution >= 4 is 16.5 Å². The number of nitrogens with zero attached hydrogens (tertiary/aromatic N) is 3. The van der Waals surface area contributed by atoms with Gasteiger partial charge in [0.2, 0.25) is 5.13 Å². The normalized spacial score (nSPS) is 10.9. The molecule has 0 saturated carbocycles. The van der Waals surface area contributed by atoms with E-state index in [1.807, 2.05) is 0 Å². The standard InChI is InChI=1S/C7H11F2N3OS/c1-5-10-11-7(14-5)12(2-3-13)4-6(8)9/h6,13H,2-4H2,1H3. The molecule has 4 nitrogen and oxygen atoms in total. The fourth-order valence-electron chi connectivity index (χ4n) is 0.966. The molecule has 0 fully saturated rings. The Hall–Kier alpha value is -0.820. The molecule has 0 atom stereocenters. The number of halogens is 2. The molecule has 0 amide bonds. The Morgan fingerprint density at radius 3 is 2.64 bits per heavy atom. The fraction of sp³-hybridized carbons (Fsp3) is 0.714. The van der Waals surface area contributed by atoms with Crippen LogP contribution in [0, 0.1) is 6.92 Å². The summed E-state index contributed by atoms with van der Waals surface area (Å²) in [5.74, 6) is 0. The van der Waals surface area contributed by atoms with Crippen molar-refractivity contribution in [2.75, 3.05) is 24.6 Å². The molecule has 0 unspecified atom stereocenters. The highest BCUT2D eigenvalue weighted by Gasteiger charge is 2.15. The van der Waals surface area contributed by atoms with Crippen molar-refractivity contribution in [3.63, 3.8) is 0 Å². The quantitative estimate of drug-likeness (QED) is 0.806. The van der Waals surface area contributed by atoms with Crippen LogP contribution in [0.25, 0.3) is 0 Å². The lowest BCUT2D eigenvalue weighted by molar-refractivity contribution is 0.152. The molecule has 0 radical (unpaired) electrons. The second kappa shape index (κ2) is 5.16. The second-order valence-electron chi connectivity index (χ2n) is 2.66. The summed E-state index contributed by atoms with van der Waals surface area (Å²) >= 11 is 1.24. The molecule has 0 aliphatic rings. The number of hydrogen-bond acceptors (Lipinski definition) is 5. The minimum Gasteiger partial charge on any atom is -0.395 e. The zero-order chi connectivity index (χ0) is 10.6. The average molecular weight is 223 g/mol. The van der Waals surface area contributed by atoms with Gasteiger partial charge in [-0.15, -0.1) is 10.2 Å². The minimum atomic E-state index is -2.44. The Morgan fingerprint density at radius 2 is 2.21 bits per heavy atom. The van der Waals surface area contributed by atoms with Crippen LogP contribution in [0.5, 0.6) is 0 Å². The molecule has 1 aromatic heterocycles. The molecule has 0 spiro atoms. The van der Waals surface area contributed by atoms with Crippen LogP contribution in [0.1, 0.15) is 5.01 Å². The van der Waals surface area contributed by atoms with E-state index in [1.54, 1.807) is 6.92 Å². The highest BCUT2D eigenvalue weighted by Crippen LogP contribution is 2.19. The first kappa shape index (κ1) is 11.3. The largest absolute Gasteiger partial charge is 0.395 e. The lowest BCUT2D eigenvalue weighted by Crippen LogP contribution is -2.31. The van der Waals surface area contributed by atoms with Crippen LogP contribution < -0.4 is 4.90 Å². The summed E-state index contributed by atoms with van der Waals surface area (Å²) in [7, 11) is 0. The lowest BCUT2D eigenvalue weighted by atomic mass is 10.5. The van der Waals surface area contributed by atoms with Crippen LogP contribution in [0.15, 0.2) is 0 Å². The fourth-order valence-corrected chi connectivity index (χ4v) is 1.69. The van der Waals surface area contributed by atoms with Gasteiger partial charge >= 0.3 is 0 Å². The molecule has 0 aliphatic carbocycles. The van der Waals surface area contributed by atoms with Gasteiger partial charge < -0.3 is 10.0 Å². The monoisotopic (exact) mass is 223 g/mol. The van der Waals surface area contributed by atoms with Crippen LogP contribution in [-0.4, -0.2) is 41.4 Å². The van der Waals surface area contributed by atoms with Gasteiger partial charge in [-0.05, 0) is 6.92 Å². The molecule has 14 heavy (non-hydrogen) atoms. The summed E-state index contributed by atoms with van der Waals surface area (Å²) in [4.78, 5) is 1.33. The molecule has 0 aliphatic heterocycles. The van der Waals surface area contributed by atoms with Crippen molar-refractivity contribution in [1.29, 1.82) is 0 Å². The molecular weight excluding hydrogens is 212 g/mol. The molecule has 1 N–H and O–H groups in total. The molecule has 80 valence electrons. The van der Waals surface area contributed by atoms with Crippen molar-refractivity contribution < 1.29 is 13.9 Å². The summed E-state index contributed by atoms with van der Waals surface area (Å²) in [5, 5.41) is 17.3. The number of aliphatic hydroxyl groups is 1. The van der Waals surface area contributed by atoms with Gasteiger partial charge in [0.05, 0.1) is 13.2 Å². The Balaban J connectivity index is 2.66. The topological polar surface area (TPSA) is 49.2 Å². The Kier molecular flexibility index (Phi) is 4.15. The zero-order valence-electron chi connectivity index (χ0n) is 7.65. The smallest absolute Gasteiger partial charge is 0.255 e. The van der Waals surface area contributed by atoms with Gasteiger partial charge in [0, 0.05) is 6.54 Å². The second-order valence-corrected chi connectivity index (χ2v) is 3.82. The lowest BCUT2D eigenvalue weighted by Gasteiger charge is -2.18. The summed E-state index contributed by atoms with van der Waals surface area (Å²) in [6.45, 7) is 1.31. The first-order chi connectivity index (χ1) is 6.63. The van der Waals surface area contributed by atoms with Crippen molar-refractivity contribution in [1.82, 2.24) is 10.2 Å². The van der Waals surface area contributed by atoms with E-state index in [0.717, 1.165) is 5.01 Å². The van der Waals surface area contributed by atoms with Crippen LogP contribution in [0.4, 0.5) is 13.9 Å².